The van der Waals surface area contributed by atoms with Crippen LogP contribution < -0.4 is 0 Å². The first kappa shape index (κ1) is 84.4. The third-order valence-electron chi connectivity index (χ3n) is 20.6. The van der Waals surface area contributed by atoms with Gasteiger partial charge in [0.2, 0.25) is 0 Å². The lowest BCUT2D eigenvalue weighted by Crippen LogP contribution is -1.99. The topological polar surface area (TPSA) is 0 Å². The summed E-state index contributed by atoms with van der Waals surface area (Å²) in [5, 5.41) is 4.22. The molecule has 0 atom stereocenters. The van der Waals surface area contributed by atoms with Crippen molar-refractivity contribution in [1.29, 1.82) is 0 Å². The minimum absolute atomic E-state index is 0.960. The van der Waals surface area contributed by atoms with Gasteiger partial charge in [0.15, 0.2) is 0 Å². The van der Waals surface area contributed by atoms with Crippen LogP contribution in [0.4, 0.5) is 0 Å². The Bertz CT molecular complexity index is 4490. The smallest absolute Gasteiger partial charge is 0.0772 e. The summed E-state index contributed by atoms with van der Waals surface area (Å²) in [7, 11) is 0. The van der Waals surface area contributed by atoms with Crippen LogP contribution >= 0.6 is 22.7 Å². The fraction of sp³-hybridized carbons (Fsp3) is 0.389. The van der Waals surface area contributed by atoms with Gasteiger partial charge in [0, 0.05) is 77.9 Å². The molecule has 0 aliphatic heterocycles. The molecule has 2 aromatic heterocycles. The Labute approximate surface area is 674 Å². The van der Waals surface area contributed by atoms with Crippen LogP contribution in [0, 0.1) is 94.7 Å². The summed E-state index contributed by atoms with van der Waals surface area (Å²) in [6.45, 7) is 13.7. The molecular weight excluding hydrogens is 1360 g/mol. The first-order valence-corrected chi connectivity index (χ1v) is 44.2. The monoisotopic (exact) mass is 1480 g/mol. The van der Waals surface area contributed by atoms with Crippen molar-refractivity contribution in [3.8, 4) is 94.7 Å². The third-order valence-corrected chi connectivity index (χ3v) is 22.1. The van der Waals surface area contributed by atoms with Gasteiger partial charge in [0.1, 0.15) is 0 Å². The zero-order valence-electron chi connectivity index (χ0n) is 67.4. The second-order valence-electron chi connectivity index (χ2n) is 29.7. The fourth-order valence-corrected chi connectivity index (χ4v) is 15.0. The number of benzene rings is 7. The molecule has 2 heterocycles. The quantitative estimate of drug-likeness (QED) is 0.0271. The van der Waals surface area contributed by atoms with Crippen LogP contribution in [0.5, 0.6) is 0 Å². The van der Waals surface area contributed by atoms with Gasteiger partial charge < -0.3 is 0 Å². The van der Waals surface area contributed by atoms with Crippen LogP contribution in [-0.2, 0) is 38.5 Å². The Morgan fingerprint density at radius 2 is 0.345 bits per heavy atom. The van der Waals surface area contributed by atoms with E-state index in [1.807, 2.05) is 0 Å². The second kappa shape index (κ2) is 50.3. The van der Waals surface area contributed by atoms with Gasteiger partial charge in [-0.3, -0.25) is 0 Å². The van der Waals surface area contributed by atoms with E-state index in [0.29, 0.717) is 0 Å². The summed E-state index contributed by atoms with van der Waals surface area (Å²) < 4.78 is 0. The van der Waals surface area contributed by atoms with E-state index in [2.05, 4.69) is 305 Å². The van der Waals surface area contributed by atoms with E-state index in [0.717, 1.165) is 141 Å². The number of rotatable bonds is 36. The Morgan fingerprint density at radius 1 is 0.182 bits per heavy atom. The van der Waals surface area contributed by atoms with Gasteiger partial charge in [-0.1, -0.05) is 303 Å². The van der Waals surface area contributed by atoms with E-state index in [1.165, 1.54) is 211 Å². The fourth-order valence-electron chi connectivity index (χ4n) is 13.9. The average Bonchev–Trinajstić information content (AvgIpc) is 0.930. The standard InChI is InChI=1S/C108H118S2/c1-7-13-19-25-31-39-95-81-102(72-68-92-61-53-88(54-62-92)48-50-90-57-65-94(66-58-90)70-74-104-84-100(44-36-30-24-18-12-6)106(76-78-108-46-38-80-110-108)86-98(104)42-34-28-22-16-10-4)96(40-32-26-20-14-8-2)82-101(95)71-67-91-59-51-87(52-60-91)47-49-89-55-63-93(64-56-89)69-73-103-83-99(43-35-29-23-17-11-5)105(75-77-107-45-37-79-109-107)85-97(103)41-33-27-21-15-9-3/h37-38,45-46,51-66,79-86H,7-36,39-44H2,1-6H3. The average molecular weight is 1480 g/mol. The van der Waals surface area contributed by atoms with Crippen LogP contribution in [0.3, 0.4) is 0 Å². The lowest BCUT2D eigenvalue weighted by Gasteiger charge is -2.12. The molecule has 110 heavy (non-hydrogen) atoms. The SMILES string of the molecule is CCCCCCCc1cc(C#Cc2ccc(C#Cc3ccc(C#Cc4cc(CCCCCCC)c(C#Cc5cccs5)cc4CCCCCCC)cc3)cc2)c(CCCCCCC)cc1C#Cc1ccc(C#Cc2ccc(C#Cc3cc(CCCCCCC)c(C#Cc4cccs4)cc3CCCCCCC)cc2)cc1. The maximum Gasteiger partial charge on any atom is 0.0772 e. The summed E-state index contributed by atoms with van der Waals surface area (Å²) in [5.74, 6) is 56.8. The molecule has 0 aliphatic rings. The lowest BCUT2D eigenvalue weighted by atomic mass is 9.92. The summed E-state index contributed by atoms with van der Waals surface area (Å²) in [5.41, 5.74) is 22.5. The van der Waals surface area contributed by atoms with Crippen molar-refractivity contribution in [3.05, 3.63) is 290 Å². The van der Waals surface area contributed by atoms with Gasteiger partial charge in [-0.15, -0.1) is 22.7 Å². The van der Waals surface area contributed by atoms with E-state index in [4.69, 9.17) is 0 Å². The Balaban J connectivity index is 0.888. The van der Waals surface area contributed by atoms with Crippen molar-refractivity contribution in [2.75, 3.05) is 0 Å². The maximum absolute atomic E-state index is 3.69. The first-order valence-electron chi connectivity index (χ1n) is 42.4. The summed E-state index contributed by atoms with van der Waals surface area (Å²) in [4.78, 5) is 2.22. The molecule has 562 valence electrons. The highest BCUT2D eigenvalue weighted by Gasteiger charge is 2.14. The van der Waals surface area contributed by atoms with E-state index in [9.17, 15) is 0 Å². The largest absolute Gasteiger partial charge is 0.135 e. The predicted octanol–water partition coefficient (Wildman–Crippen LogP) is 28.1. The van der Waals surface area contributed by atoms with Gasteiger partial charge in [-0.2, -0.15) is 0 Å². The van der Waals surface area contributed by atoms with Gasteiger partial charge >= 0.3 is 0 Å². The summed E-state index contributed by atoms with van der Waals surface area (Å²) in [6.07, 6.45) is 43.2. The molecule has 0 bridgehead atoms. The maximum atomic E-state index is 3.69. The highest BCUT2D eigenvalue weighted by molar-refractivity contribution is 7.10. The number of aryl methyl sites for hydroxylation is 6. The third kappa shape index (κ3) is 30.7. The van der Waals surface area contributed by atoms with Gasteiger partial charge in [-0.05, 0) is 267 Å². The molecular formula is C108H118S2. The van der Waals surface area contributed by atoms with Crippen molar-refractivity contribution >= 4 is 22.7 Å². The lowest BCUT2D eigenvalue weighted by molar-refractivity contribution is 0.629. The zero-order chi connectivity index (χ0) is 76.7. The molecule has 0 radical (unpaired) electrons. The highest BCUT2D eigenvalue weighted by atomic mass is 32.1. The molecule has 0 saturated carbocycles. The van der Waals surface area contributed by atoms with Crippen LogP contribution in [0.15, 0.2) is 168 Å². The first-order chi connectivity index (χ1) is 54.3. The zero-order valence-corrected chi connectivity index (χ0v) is 69.1. The molecule has 2 heteroatoms. The molecule has 0 fully saturated rings. The van der Waals surface area contributed by atoms with Gasteiger partial charge in [0.05, 0.1) is 9.75 Å². The van der Waals surface area contributed by atoms with Crippen molar-refractivity contribution in [1.82, 2.24) is 0 Å². The number of thiophene rings is 2. The predicted molar refractivity (Wildman–Crippen MR) is 476 cm³/mol. The Morgan fingerprint density at radius 3 is 0.509 bits per heavy atom. The molecule has 0 N–H and O–H groups in total. The van der Waals surface area contributed by atoms with E-state index < -0.39 is 0 Å². The molecule has 0 unspecified atom stereocenters. The normalized spacial score (nSPS) is 10.5. The Kier molecular flexibility index (Phi) is 38.6. The molecule has 9 aromatic rings. The molecule has 0 nitrogen and oxygen atoms in total. The molecule has 7 aromatic carbocycles. The summed E-state index contributed by atoms with van der Waals surface area (Å²) in [6, 6.07) is 56.3. The van der Waals surface area contributed by atoms with E-state index >= 15 is 0 Å². The van der Waals surface area contributed by atoms with Crippen LogP contribution in [0.1, 0.15) is 355 Å². The minimum atomic E-state index is 0.960. The minimum Gasteiger partial charge on any atom is -0.135 e. The Hall–Kier alpha value is -9.58. The van der Waals surface area contributed by atoms with Crippen LogP contribution in [-0.4, -0.2) is 0 Å². The molecule has 0 amide bonds. The van der Waals surface area contributed by atoms with E-state index in [1.54, 1.807) is 22.7 Å². The van der Waals surface area contributed by atoms with E-state index in [-0.39, 0.29) is 0 Å². The number of hydrogen-bond donors (Lipinski definition) is 0. The molecule has 0 saturated heterocycles. The number of hydrogen-bond acceptors (Lipinski definition) is 2. The molecule has 0 spiro atoms. The highest BCUT2D eigenvalue weighted by Crippen LogP contribution is 2.27. The molecule has 9 rings (SSSR count). The van der Waals surface area contributed by atoms with Crippen molar-refractivity contribution in [3.63, 3.8) is 0 Å². The number of unbranched alkanes of at least 4 members (excludes halogenated alkanes) is 24. The van der Waals surface area contributed by atoms with Crippen molar-refractivity contribution < 1.29 is 0 Å². The van der Waals surface area contributed by atoms with Crippen molar-refractivity contribution in [2.24, 2.45) is 0 Å². The summed E-state index contributed by atoms with van der Waals surface area (Å²) >= 11 is 3.42. The van der Waals surface area contributed by atoms with Crippen LogP contribution in [0.25, 0.3) is 0 Å². The van der Waals surface area contributed by atoms with Gasteiger partial charge in [-0.25, -0.2) is 0 Å². The van der Waals surface area contributed by atoms with Gasteiger partial charge in [0.25, 0.3) is 0 Å². The second-order valence-corrected chi connectivity index (χ2v) is 31.6. The van der Waals surface area contributed by atoms with Crippen molar-refractivity contribution in [2.45, 2.75) is 273 Å². The van der Waals surface area contributed by atoms with Crippen LogP contribution in [0.2, 0.25) is 0 Å². The molecule has 0 aliphatic carbocycles.